The third-order valence-electron chi connectivity index (χ3n) is 3.80. The lowest BCUT2D eigenvalue weighted by atomic mass is 10.2. The van der Waals surface area contributed by atoms with Crippen molar-refractivity contribution in [3.8, 4) is 5.75 Å². The van der Waals surface area contributed by atoms with E-state index < -0.39 is 0 Å². The Hall–Kier alpha value is -2.51. The molecule has 130 valence electrons. The Morgan fingerprint density at radius 3 is 2.64 bits per heavy atom. The number of methoxy groups -OCH3 is 1. The molecule has 0 radical (unpaired) electrons. The number of nitrogens with zero attached hydrogens (tertiary/aromatic N) is 4. The third kappa shape index (κ3) is 4.12. The first-order chi connectivity index (χ1) is 12.2. The first-order valence-electron chi connectivity index (χ1n) is 8.05. The van der Waals surface area contributed by atoms with Gasteiger partial charge in [0.1, 0.15) is 5.75 Å². The second kappa shape index (κ2) is 8.04. The van der Waals surface area contributed by atoms with Crippen molar-refractivity contribution in [1.29, 1.82) is 0 Å². The van der Waals surface area contributed by atoms with Crippen molar-refractivity contribution in [3.63, 3.8) is 0 Å². The molecule has 7 heteroatoms. The van der Waals surface area contributed by atoms with Gasteiger partial charge in [0, 0.05) is 18.8 Å². The molecule has 1 N–H and O–H groups in total. The Morgan fingerprint density at radius 2 is 1.96 bits per heavy atom. The van der Waals surface area contributed by atoms with Gasteiger partial charge in [0.15, 0.2) is 0 Å². The van der Waals surface area contributed by atoms with Crippen LogP contribution in [0.15, 0.2) is 52.7 Å². The lowest BCUT2D eigenvalue weighted by Gasteiger charge is -2.21. The predicted molar refractivity (Wildman–Crippen MR) is 102 cm³/mol. The normalized spacial score (nSPS) is 11.3. The number of thiazole rings is 1. The summed E-state index contributed by atoms with van der Waals surface area (Å²) in [5, 5.41) is 18.2. The average Bonchev–Trinajstić information content (AvgIpc) is 3.07. The number of azo groups is 1. The number of aromatic nitrogens is 1. The predicted octanol–water partition coefficient (Wildman–Crippen LogP) is 4.54. The lowest BCUT2D eigenvalue weighted by molar-refractivity contribution is 0.302. The summed E-state index contributed by atoms with van der Waals surface area (Å²) >= 11 is 1.48. The van der Waals surface area contributed by atoms with E-state index >= 15 is 0 Å². The summed E-state index contributed by atoms with van der Waals surface area (Å²) in [4.78, 5) is 6.55. The molecule has 0 unspecified atom stereocenters. The van der Waals surface area contributed by atoms with Crippen LogP contribution in [0.3, 0.4) is 0 Å². The number of aliphatic hydroxyl groups excluding tert-OH is 1. The maximum atomic E-state index is 9.10. The summed E-state index contributed by atoms with van der Waals surface area (Å²) in [7, 11) is 1.65. The fourth-order valence-corrected chi connectivity index (χ4v) is 3.30. The number of rotatable bonds is 7. The van der Waals surface area contributed by atoms with E-state index in [2.05, 4.69) is 27.0 Å². The van der Waals surface area contributed by atoms with Crippen LogP contribution < -0.4 is 9.64 Å². The monoisotopic (exact) mass is 356 g/mol. The van der Waals surface area contributed by atoms with E-state index in [1.807, 2.05) is 42.5 Å². The van der Waals surface area contributed by atoms with Crippen LogP contribution in [0.1, 0.15) is 6.92 Å². The number of benzene rings is 2. The molecule has 0 bridgehead atoms. The quantitative estimate of drug-likeness (QED) is 0.631. The van der Waals surface area contributed by atoms with Crippen LogP contribution in [-0.2, 0) is 0 Å². The van der Waals surface area contributed by atoms with Gasteiger partial charge in [-0.2, -0.15) is 0 Å². The summed E-state index contributed by atoms with van der Waals surface area (Å²) in [6.07, 6.45) is 0. The Bertz CT molecular complexity index is 861. The molecule has 0 aliphatic heterocycles. The molecule has 1 aromatic heterocycles. The molecule has 25 heavy (non-hydrogen) atoms. The zero-order valence-corrected chi connectivity index (χ0v) is 15.0. The molecule has 0 aliphatic rings. The van der Waals surface area contributed by atoms with Crippen LogP contribution in [0.2, 0.25) is 0 Å². The molecular weight excluding hydrogens is 336 g/mol. The van der Waals surface area contributed by atoms with Gasteiger partial charge < -0.3 is 14.7 Å². The van der Waals surface area contributed by atoms with Crippen molar-refractivity contribution in [2.75, 3.05) is 31.7 Å². The summed E-state index contributed by atoms with van der Waals surface area (Å²) < 4.78 is 6.24. The topological polar surface area (TPSA) is 70.3 Å². The Labute approximate surface area is 150 Å². The minimum Gasteiger partial charge on any atom is -0.497 e. The van der Waals surface area contributed by atoms with E-state index in [-0.39, 0.29) is 6.61 Å². The van der Waals surface area contributed by atoms with Crippen molar-refractivity contribution >= 4 is 38.1 Å². The molecule has 3 aromatic rings. The summed E-state index contributed by atoms with van der Waals surface area (Å²) in [5.41, 5.74) is 2.71. The molecule has 0 saturated heterocycles. The van der Waals surface area contributed by atoms with Crippen molar-refractivity contribution in [2.45, 2.75) is 6.92 Å². The molecule has 0 amide bonds. The van der Waals surface area contributed by atoms with Crippen LogP contribution in [0.25, 0.3) is 10.2 Å². The van der Waals surface area contributed by atoms with Gasteiger partial charge in [-0.25, -0.2) is 4.98 Å². The lowest BCUT2D eigenvalue weighted by Crippen LogP contribution is -2.25. The minimum absolute atomic E-state index is 0.137. The minimum atomic E-state index is 0.137. The largest absolute Gasteiger partial charge is 0.497 e. The first-order valence-corrected chi connectivity index (χ1v) is 8.87. The van der Waals surface area contributed by atoms with Crippen molar-refractivity contribution in [1.82, 2.24) is 4.98 Å². The van der Waals surface area contributed by atoms with Crippen molar-refractivity contribution in [3.05, 3.63) is 42.5 Å². The van der Waals surface area contributed by atoms with Gasteiger partial charge in [0.05, 0.1) is 29.6 Å². The molecule has 0 spiro atoms. The van der Waals surface area contributed by atoms with Crippen molar-refractivity contribution in [2.24, 2.45) is 10.2 Å². The summed E-state index contributed by atoms with van der Waals surface area (Å²) in [6.45, 7) is 3.66. The number of hydrogen-bond donors (Lipinski definition) is 1. The Morgan fingerprint density at radius 1 is 1.16 bits per heavy atom. The second-order valence-corrected chi connectivity index (χ2v) is 6.36. The molecular formula is C18H20N4O2S. The summed E-state index contributed by atoms with van der Waals surface area (Å²) in [5.74, 6) is 0.804. The van der Waals surface area contributed by atoms with Crippen LogP contribution in [0, 0.1) is 0 Å². The fraction of sp³-hybridized carbons (Fsp3) is 0.278. The van der Waals surface area contributed by atoms with E-state index in [0.29, 0.717) is 11.7 Å². The summed E-state index contributed by atoms with van der Waals surface area (Å²) in [6, 6.07) is 13.5. The van der Waals surface area contributed by atoms with Crippen LogP contribution in [-0.4, -0.2) is 36.9 Å². The number of ether oxygens (including phenoxy) is 1. The maximum absolute atomic E-state index is 9.10. The standard InChI is InChI=1S/C18H20N4O2S/c1-3-22(10-11-23)14-6-4-13(5-7-14)20-21-18-19-16-9-8-15(24-2)12-17(16)25-18/h4-9,12,23H,3,10-11H2,1-2H3. The number of hydrogen-bond acceptors (Lipinski definition) is 7. The highest BCUT2D eigenvalue weighted by Gasteiger charge is 2.05. The molecule has 1 heterocycles. The highest BCUT2D eigenvalue weighted by molar-refractivity contribution is 7.21. The number of fused-ring (bicyclic) bond motifs is 1. The molecule has 3 rings (SSSR count). The average molecular weight is 356 g/mol. The number of anilines is 1. The first kappa shape index (κ1) is 17.3. The van der Waals surface area contributed by atoms with E-state index in [9.17, 15) is 0 Å². The van der Waals surface area contributed by atoms with Gasteiger partial charge in [0.2, 0.25) is 5.13 Å². The molecule has 2 aromatic carbocycles. The SMILES string of the molecule is CCN(CCO)c1ccc(N=Nc2nc3ccc(OC)cc3s2)cc1. The van der Waals surface area contributed by atoms with Gasteiger partial charge in [-0.05, 0) is 49.4 Å². The van der Waals surface area contributed by atoms with Crippen molar-refractivity contribution < 1.29 is 9.84 Å². The van der Waals surface area contributed by atoms with Crippen LogP contribution in [0.4, 0.5) is 16.5 Å². The van der Waals surface area contributed by atoms with E-state index in [4.69, 9.17) is 9.84 Å². The number of aliphatic hydroxyl groups is 1. The zero-order valence-electron chi connectivity index (χ0n) is 14.2. The zero-order chi connectivity index (χ0) is 17.6. The number of likely N-dealkylation sites (N-methyl/N-ethyl adjacent to an activating group) is 1. The molecule has 0 aliphatic carbocycles. The maximum Gasteiger partial charge on any atom is 0.231 e. The third-order valence-corrected chi connectivity index (χ3v) is 4.70. The smallest absolute Gasteiger partial charge is 0.231 e. The Kier molecular flexibility index (Phi) is 5.57. The second-order valence-electron chi connectivity index (χ2n) is 5.35. The fourth-order valence-electron chi connectivity index (χ4n) is 2.48. The van der Waals surface area contributed by atoms with Gasteiger partial charge >= 0.3 is 0 Å². The van der Waals surface area contributed by atoms with E-state index in [1.165, 1.54) is 11.3 Å². The van der Waals surface area contributed by atoms with Crippen LogP contribution >= 0.6 is 11.3 Å². The van der Waals surface area contributed by atoms with Gasteiger partial charge in [0.25, 0.3) is 0 Å². The highest BCUT2D eigenvalue weighted by Crippen LogP contribution is 2.32. The van der Waals surface area contributed by atoms with Gasteiger partial charge in [-0.3, -0.25) is 0 Å². The molecule has 6 nitrogen and oxygen atoms in total. The molecule has 0 fully saturated rings. The van der Waals surface area contributed by atoms with Gasteiger partial charge in [-0.1, -0.05) is 11.3 Å². The Balaban J connectivity index is 1.75. The van der Waals surface area contributed by atoms with E-state index in [1.54, 1.807) is 7.11 Å². The molecule has 0 atom stereocenters. The highest BCUT2D eigenvalue weighted by atomic mass is 32.1. The van der Waals surface area contributed by atoms with Gasteiger partial charge in [-0.15, -0.1) is 10.2 Å². The van der Waals surface area contributed by atoms with E-state index in [0.717, 1.165) is 33.9 Å². The van der Waals surface area contributed by atoms with Crippen LogP contribution in [0.5, 0.6) is 5.75 Å². The molecule has 0 saturated carbocycles.